The van der Waals surface area contributed by atoms with Gasteiger partial charge in [-0.15, -0.1) is 0 Å². The van der Waals surface area contributed by atoms with E-state index in [1.54, 1.807) is 24.4 Å². The smallest absolute Gasteiger partial charge is 0.175 e. The van der Waals surface area contributed by atoms with Crippen molar-refractivity contribution < 1.29 is 5.11 Å². The highest BCUT2D eigenvalue weighted by Gasteiger charge is 2.43. The highest BCUT2D eigenvalue weighted by Crippen LogP contribution is 2.44. The Kier molecular flexibility index (Phi) is 2.73. The standard InChI is InChI=1S/C17H12ClN3O/c18-10-6-7-15-13(9-10)17(22,16(19)21-15)12-4-1-5-14-11(12)3-2-8-20-14/h1-9,22H,(H2,19,21). The van der Waals surface area contributed by atoms with Crippen molar-refractivity contribution in [3.8, 4) is 0 Å². The third kappa shape index (κ3) is 1.68. The Bertz CT molecular complexity index is 933. The molecule has 4 rings (SSSR count). The van der Waals surface area contributed by atoms with E-state index < -0.39 is 5.60 Å². The molecule has 0 saturated heterocycles. The normalized spacial score (nSPS) is 20.0. The topological polar surface area (TPSA) is 71.5 Å². The largest absolute Gasteiger partial charge is 0.384 e. The highest BCUT2D eigenvalue weighted by molar-refractivity contribution is 6.30. The fraction of sp³-hybridized carbons (Fsp3) is 0.0588. The lowest BCUT2D eigenvalue weighted by Crippen LogP contribution is -2.39. The van der Waals surface area contributed by atoms with E-state index in [2.05, 4.69) is 9.98 Å². The summed E-state index contributed by atoms with van der Waals surface area (Å²) in [6.45, 7) is 0. The van der Waals surface area contributed by atoms with Crippen molar-refractivity contribution in [2.45, 2.75) is 5.60 Å². The quantitative estimate of drug-likeness (QED) is 0.725. The second kappa shape index (κ2) is 4.53. The molecule has 0 bridgehead atoms. The molecule has 1 aliphatic heterocycles. The van der Waals surface area contributed by atoms with Crippen LogP contribution in [0.1, 0.15) is 11.1 Å². The van der Waals surface area contributed by atoms with Gasteiger partial charge in [-0.25, -0.2) is 4.99 Å². The summed E-state index contributed by atoms with van der Waals surface area (Å²) in [6.07, 6.45) is 1.72. The van der Waals surface area contributed by atoms with Gasteiger partial charge in [0.1, 0.15) is 5.84 Å². The number of aliphatic imine (C=N–C) groups is 1. The van der Waals surface area contributed by atoms with Gasteiger partial charge in [-0.1, -0.05) is 29.8 Å². The number of benzene rings is 2. The minimum Gasteiger partial charge on any atom is -0.384 e. The van der Waals surface area contributed by atoms with Crippen LogP contribution in [0.3, 0.4) is 0 Å². The van der Waals surface area contributed by atoms with Gasteiger partial charge < -0.3 is 10.8 Å². The number of aliphatic hydroxyl groups is 1. The molecule has 3 aromatic rings. The van der Waals surface area contributed by atoms with Crippen molar-refractivity contribution in [1.82, 2.24) is 4.98 Å². The Morgan fingerprint density at radius 3 is 2.77 bits per heavy atom. The summed E-state index contributed by atoms with van der Waals surface area (Å²) in [5, 5.41) is 12.7. The summed E-state index contributed by atoms with van der Waals surface area (Å²) < 4.78 is 0. The lowest BCUT2D eigenvalue weighted by molar-refractivity contribution is 0.160. The molecule has 108 valence electrons. The van der Waals surface area contributed by atoms with E-state index in [1.807, 2.05) is 30.3 Å². The number of aromatic nitrogens is 1. The molecule has 0 fully saturated rings. The third-order valence-electron chi connectivity index (χ3n) is 4.00. The maximum Gasteiger partial charge on any atom is 0.175 e. The van der Waals surface area contributed by atoms with Gasteiger partial charge in [0.05, 0.1) is 11.2 Å². The molecule has 2 aromatic carbocycles. The first kappa shape index (κ1) is 13.2. The predicted octanol–water partition coefficient (Wildman–Crippen LogP) is 3.13. The maximum atomic E-state index is 11.4. The van der Waals surface area contributed by atoms with Crippen molar-refractivity contribution in [2.75, 3.05) is 0 Å². The molecule has 5 heteroatoms. The number of rotatable bonds is 1. The van der Waals surface area contributed by atoms with Crippen LogP contribution < -0.4 is 5.73 Å². The number of fused-ring (bicyclic) bond motifs is 2. The van der Waals surface area contributed by atoms with E-state index in [4.69, 9.17) is 17.3 Å². The minimum atomic E-state index is -1.50. The van der Waals surface area contributed by atoms with E-state index >= 15 is 0 Å². The van der Waals surface area contributed by atoms with Gasteiger partial charge >= 0.3 is 0 Å². The van der Waals surface area contributed by atoms with E-state index in [0.717, 1.165) is 10.9 Å². The second-order valence-corrected chi connectivity index (χ2v) is 5.68. The average Bonchev–Trinajstić information content (AvgIpc) is 2.79. The van der Waals surface area contributed by atoms with E-state index in [0.29, 0.717) is 21.8 Å². The highest BCUT2D eigenvalue weighted by atomic mass is 35.5. The molecule has 0 amide bonds. The van der Waals surface area contributed by atoms with Crippen LogP contribution in [0, 0.1) is 0 Å². The van der Waals surface area contributed by atoms with Crippen molar-refractivity contribution >= 4 is 34.0 Å². The van der Waals surface area contributed by atoms with Gasteiger partial charge in [-0.2, -0.15) is 0 Å². The number of nitrogens with two attached hydrogens (primary N) is 1. The number of nitrogens with zero attached hydrogens (tertiary/aromatic N) is 2. The lowest BCUT2D eigenvalue weighted by atomic mass is 9.84. The van der Waals surface area contributed by atoms with E-state index in [-0.39, 0.29) is 5.84 Å². The van der Waals surface area contributed by atoms with Crippen LogP contribution in [0.4, 0.5) is 5.69 Å². The predicted molar refractivity (Wildman–Crippen MR) is 87.5 cm³/mol. The molecule has 2 heterocycles. The molecule has 0 aliphatic carbocycles. The Hall–Kier alpha value is -2.43. The van der Waals surface area contributed by atoms with Crippen molar-refractivity contribution in [3.63, 3.8) is 0 Å². The van der Waals surface area contributed by atoms with E-state index in [1.165, 1.54) is 0 Å². The molecule has 1 atom stereocenters. The van der Waals surface area contributed by atoms with Crippen LogP contribution in [0.15, 0.2) is 59.7 Å². The zero-order chi connectivity index (χ0) is 15.3. The van der Waals surface area contributed by atoms with Crippen LogP contribution in [0.25, 0.3) is 10.9 Å². The first-order chi connectivity index (χ1) is 10.6. The summed E-state index contributed by atoms with van der Waals surface area (Å²) in [6, 6.07) is 14.5. The van der Waals surface area contributed by atoms with Gasteiger partial charge in [0, 0.05) is 27.7 Å². The molecule has 1 aromatic heterocycles. The molecule has 22 heavy (non-hydrogen) atoms. The van der Waals surface area contributed by atoms with Crippen molar-refractivity contribution in [2.24, 2.45) is 10.7 Å². The summed E-state index contributed by atoms with van der Waals surface area (Å²) in [7, 11) is 0. The lowest BCUT2D eigenvalue weighted by Gasteiger charge is -2.26. The average molecular weight is 310 g/mol. The molecule has 3 N–H and O–H groups in total. The van der Waals surface area contributed by atoms with Crippen LogP contribution >= 0.6 is 11.6 Å². The SMILES string of the molecule is NC1=Nc2ccc(Cl)cc2C1(O)c1cccc2ncccc12. The molecule has 1 aliphatic rings. The number of hydrogen-bond donors (Lipinski definition) is 2. The van der Waals surface area contributed by atoms with Crippen LogP contribution in [0.2, 0.25) is 5.02 Å². The number of pyridine rings is 1. The van der Waals surface area contributed by atoms with Gasteiger partial charge in [0.15, 0.2) is 5.60 Å². The maximum absolute atomic E-state index is 11.4. The first-order valence-electron chi connectivity index (χ1n) is 6.82. The van der Waals surface area contributed by atoms with Gasteiger partial charge in [-0.3, -0.25) is 4.98 Å². The molecule has 1 unspecified atom stereocenters. The Balaban J connectivity index is 2.07. The van der Waals surface area contributed by atoms with Crippen molar-refractivity contribution in [3.05, 3.63) is 70.9 Å². The summed E-state index contributed by atoms with van der Waals surface area (Å²) in [5.41, 5.74) is 7.24. The number of halogens is 1. The van der Waals surface area contributed by atoms with Crippen molar-refractivity contribution in [1.29, 1.82) is 0 Å². The molecular weight excluding hydrogens is 298 g/mol. The summed E-state index contributed by atoms with van der Waals surface area (Å²) in [4.78, 5) is 8.62. The fourth-order valence-corrected chi connectivity index (χ4v) is 3.12. The Morgan fingerprint density at radius 1 is 1.05 bits per heavy atom. The van der Waals surface area contributed by atoms with Gasteiger partial charge in [0.2, 0.25) is 0 Å². The molecule has 0 radical (unpaired) electrons. The van der Waals surface area contributed by atoms with Crippen LogP contribution in [-0.4, -0.2) is 15.9 Å². The zero-order valence-electron chi connectivity index (χ0n) is 11.5. The fourth-order valence-electron chi connectivity index (χ4n) is 2.95. The molecule has 0 spiro atoms. The van der Waals surface area contributed by atoms with E-state index in [9.17, 15) is 5.11 Å². The van der Waals surface area contributed by atoms with Gasteiger partial charge in [-0.05, 0) is 30.3 Å². The van der Waals surface area contributed by atoms with Gasteiger partial charge in [0.25, 0.3) is 0 Å². The molecular formula is C17H12ClN3O. The number of amidine groups is 1. The summed E-state index contributed by atoms with van der Waals surface area (Å²) in [5.74, 6) is 0.140. The second-order valence-electron chi connectivity index (χ2n) is 5.24. The third-order valence-corrected chi connectivity index (χ3v) is 4.23. The Labute approximate surface area is 131 Å². The number of hydrogen-bond acceptors (Lipinski definition) is 4. The monoisotopic (exact) mass is 309 g/mol. The van der Waals surface area contributed by atoms with Crippen LogP contribution in [0.5, 0.6) is 0 Å². The minimum absolute atomic E-state index is 0.140. The Morgan fingerprint density at radius 2 is 1.91 bits per heavy atom. The summed E-state index contributed by atoms with van der Waals surface area (Å²) >= 11 is 6.09. The molecule has 4 nitrogen and oxygen atoms in total. The molecule has 0 saturated carbocycles. The zero-order valence-corrected chi connectivity index (χ0v) is 12.2. The first-order valence-corrected chi connectivity index (χ1v) is 7.20. The van der Waals surface area contributed by atoms with Crippen LogP contribution in [-0.2, 0) is 5.60 Å².